The molecule has 0 aliphatic carbocycles. The molecule has 0 bridgehead atoms. The highest BCUT2D eigenvalue weighted by atomic mass is 16.5. The summed E-state index contributed by atoms with van der Waals surface area (Å²) in [6, 6.07) is 7.06. The summed E-state index contributed by atoms with van der Waals surface area (Å²) in [6.45, 7) is 7.59. The number of aryl methyl sites for hydroxylation is 2. The van der Waals surface area contributed by atoms with E-state index in [4.69, 9.17) is 13.9 Å². The molecule has 0 aliphatic rings. The molecule has 0 aliphatic heterocycles. The molecule has 0 N–H and O–H groups in total. The molecule has 1 atom stereocenters. The fraction of sp³-hybridized carbons (Fsp3) is 0.364. The topological polar surface area (TPSA) is 69.0 Å². The van der Waals surface area contributed by atoms with Crippen LogP contribution in [0, 0.1) is 13.8 Å². The summed E-state index contributed by atoms with van der Waals surface area (Å²) in [5, 5.41) is 0. The van der Waals surface area contributed by atoms with Crippen LogP contribution in [0.4, 0.5) is 0 Å². The Hall–Kier alpha value is -3.02. The number of furan rings is 1. The van der Waals surface area contributed by atoms with Crippen molar-refractivity contribution in [3.05, 3.63) is 53.0 Å². The van der Waals surface area contributed by atoms with E-state index in [1.165, 1.54) is 11.0 Å². The first-order valence-electron chi connectivity index (χ1n) is 9.17. The van der Waals surface area contributed by atoms with Crippen LogP contribution in [0.2, 0.25) is 0 Å². The van der Waals surface area contributed by atoms with Crippen LogP contribution < -0.4 is 9.47 Å². The van der Waals surface area contributed by atoms with Crippen molar-refractivity contribution in [3.8, 4) is 11.5 Å². The summed E-state index contributed by atoms with van der Waals surface area (Å²) < 4.78 is 16.8. The number of rotatable bonds is 8. The van der Waals surface area contributed by atoms with Gasteiger partial charge in [0.2, 0.25) is 0 Å². The monoisotopic (exact) mass is 385 g/mol. The van der Waals surface area contributed by atoms with Crippen LogP contribution >= 0.6 is 0 Å². The van der Waals surface area contributed by atoms with Gasteiger partial charge in [0.15, 0.2) is 23.4 Å². The standard InChI is InChI=1S/C22H27NO5/c1-7-26-21-13-17(8-10-19(24)18-12-14(2)27-15(18)3)9-11-20(21)28-16(4)22(25)23(5)6/h8-13,16H,7H2,1-6H3/b10-8+/t16-/m1/s1. The van der Waals surface area contributed by atoms with E-state index in [2.05, 4.69) is 0 Å². The Kier molecular flexibility index (Phi) is 7.04. The summed E-state index contributed by atoms with van der Waals surface area (Å²) in [4.78, 5) is 25.9. The number of hydrogen-bond donors (Lipinski definition) is 0. The lowest BCUT2D eigenvalue weighted by Gasteiger charge is -2.20. The molecule has 1 amide bonds. The minimum absolute atomic E-state index is 0.127. The molecule has 2 rings (SSSR count). The first-order chi connectivity index (χ1) is 13.2. The molecule has 0 fully saturated rings. The van der Waals surface area contributed by atoms with Gasteiger partial charge in [0, 0.05) is 14.1 Å². The maximum atomic E-state index is 12.4. The number of ether oxygens (including phenoxy) is 2. The molecular weight excluding hydrogens is 358 g/mol. The highest BCUT2D eigenvalue weighted by Crippen LogP contribution is 2.30. The van der Waals surface area contributed by atoms with E-state index >= 15 is 0 Å². The van der Waals surface area contributed by atoms with Crippen LogP contribution in [0.5, 0.6) is 11.5 Å². The van der Waals surface area contributed by atoms with E-state index < -0.39 is 6.10 Å². The highest BCUT2D eigenvalue weighted by molar-refractivity contribution is 6.07. The molecule has 0 radical (unpaired) electrons. The third-order valence-electron chi connectivity index (χ3n) is 4.09. The van der Waals surface area contributed by atoms with Crippen molar-refractivity contribution in [2.75, 3.05) is 20.7 Å². The number of hydrogen-bond acceptors (Lipinski definition) is 5. The molecule has 6 heteroatoms. The predicted molar refractivity (Wildman–Crippen MR) is 108 cm³/mol. The van der Waals surface area contributed by atoms with E-state index in [1.807, 2.05) is 19.9 Å². The van der Waals surface area contributed by atoms with Gasteiger partial charge in [-0.1, -0.05) is 12.1 Å². The van der Waals surface area contributed by atoms with Crippen molar-refractivity contribution in [3.63, 3.8) is 0 Å². The van der Waals surface area contributed by atoms with Crippen molar-refractivity contribution >= 4 is 17.8 Å². The zero-order valence-corrected chi connectivity index (χ0v) is 17.2. The molecule has 1 aromatic carbocycles. The average Bonchev–Trinajstić information content (AvgIpc) is 2.99. The maximum absolute atomic E-state index is 12.4. The molecule has 1 heterocycles. The lowest BCUT2D eigenvalue weighted by Crippen LogP contribution is -2.35. The Morgan fingerprint density at radius 1 is 1.18 bits per heavy atom. The van der Waals surface area contributed by atoms with Crippen LogP contribution in [0.1, 0.15) is 41.3 Å². The summed E-state index contributed by atoms with van der Waals surface area (Å²) >= 11 is 0. The van der Waals surface area contributed by atoms with Crippen molar-refractivity contribution in [1.82, 2.24) is 4.90 Å². The van der Waals surface area contributed by atoms with E-state index in [-0.39, 0.29) is 11.7 Å². The second-order valence-corrected chi connectivity index (χ2v) is 6.66. The van der Waals surface area contributed by atoms with Gasteiger partial charge in [0.25, 0.3) is 5.91 Å². The number of amides is 1. The minimum atomic E-state index is -0.635. The Balaban J connectivity index is 2.20. The number of carbonyl (C=O) groups excluding carboxylic acids is 2. The van der Waals surface area contributed by atoms with E-state index in [9.17, 15) is 9.59 Å². The number of nitrogens with zero attached hydrogens (tertiary/aromatic N) is 1. The van der Waals surface area contributed by atoms with Crippen LogP contribution in [0.25, 0.3) is 6.08 Å². The van der Waals surface area contributed by atoms with Gasteiger partial charge in [0.05, 0.1) is 12.2 Å². The summed E-state index contributed by atoms with van der Waals surface area (Å²) in [7, 11) is 3.36. The number of ketones is 1. The predicted octanol–water partition coefficient (Wildman–Crippen LogP) is 4.05. The van der Waals surface area contributed by atoms with Crippen molar-refractivity contribution in [1.29, 1.82) is 0 Å². The lowest BCUT2D eigenvalue weighted by molar-refractivity contribution is -0.135. The van der Waals surface area contributed by atoms with Gasteiger partial charge in [-0.3, -0.25) is 9.59 Å². The zero-order valence-electron chi connectivity index (χ0n) is 17.2. The molecule has 1 aromatic heterocycles. The molecule has 150 valence electrons. The van der Waals surface area contributed by atoms with Crippen molar-refractivity contribution in [2.45, 2.75) is 33.8 Å². The lowest BCUT2D eigenvalue weighted by atomic mass is 10.1. The summed E-state index contributed by atoms with van der Waals surface area (Å²) in [5.41, 5.74) is 1.34. The summed E-state index contributed by atoms with van der Waals surface area (Å²) in [6.07, 6.45) is 2.58. The summed E-state index contributed by atoms with van der Waals surface area (Å²) in [5.74, 6) is 2.04. The minimum Gasteiger partial charge on any atom is -0.490 e. The van der Waals surface area contributed by atoms with Crippen LogP contribution in [-0.4, -0.2) is 43.4 Å². The normalized spacial score (nSPS) is 12.1. The molecule has 0 saturated heterocycles. The molecule has 6 nitrogen and oxygen atoms in total. The quantitative estimate of drug-likeness (QED) is 0.507. The van der Waals surface area contributed by atoms with Gasteiger partial charge >= 0.3 is 0 Å². The third-order valence-corrected chi connectivity index (χ3v) is 4.09. The highest BCUT2D eigenvalue weighted by Gasteiger charge is 2.18. The first kappa shape index (κ1) is 21.3. The van der Waals surface area contributed by atoms with E-state index in [0.29, 0.717) is 35.2 Å². The third kappa shape index (κ3) is 5.25. The average molecular weight is 385 g/mol. The van der Waals surface area contributed by atoms with Gasteiger partial charge in [0.1, 0.15) is 11.5 Å². The second-order valence-electron chi connectivity index (χ2n) is 6.66. The Labute approximate surface area is 165 Å². The van der Waals surface area contributed by atoms with Crippen LogP contribution in [0.3, 0.4) is 0 Å². The van der Waals surface area contributed by atoms with Gasteiger partial charge in [-0.05, 0) is 57.5 Å². The number of allylic oxidation sites excluding steroid dienone is 1. The fourth-order valence-electron chi connectivity index (χ4n) is 2.74. The van der Waals surface area contributed by atoms with Crippen molar-refractivity contribution < 1.29 is 23.5 Å². The smallest absolute Gasteiger partial charge is 0.262 e. The van der Waals surface area contributed by atoms with Crippen LogP contribution in [-0.2, 0) is 4.79 Å². The van der Waals surface area contributed by atoms with Gasteiger partial charge in [-0.25, -0.2) is 0 Å². The fourth-order valence-corrected chi connectivity index (χ4v) is 2.74. The maximum Gasteiger partial charge on any atom is 0.262 e. The number of carbonyl (C=O) groups is 2. The molecule has 28 heavy (non-hydrogen) atoms. The first-order valence-corrected chi connectivity index (χ1v) is 9.17. The van der Waals surface area contributed by atoms with Gasteiger partial charge in [-0.2, -0.15) is 0 Å². The molecular formula is C22H27NO5. The molecule has 0 spiro atoms. The SMILES string of the molecule is CCOc1cc(/C=C/C(=O)c2cc(C)oc2C)ccc1O[C@H](C)C(=O)N(C)C. The van der Waals surface area contributed by atoms with Crippen LogP contribution in [0.15, 0.2) is 34.8 Å². The number of likely N-dealkylation sites (N-methyl/N-ethyl adjacent to an activating group) is 1. The molecule has 2 aromatic rings. The van der Waals surface area contributed by atoms with Gasteiger partial charge < -0.3 is 18.8 Å². The van der Waals surface area contributed by atoms with Crippen molar-refractivity contribution in [2.24, 2.45) is 0 Å². The largest absolute Gasteiger partial charge is 0.490 e. The Morgan fingerprint density at radius 3 is 2.46 bits per heavy atom. The van der Waals surface area contributed by atoms with E-state index in [1.54, 1.807) is 52.2 Å². The molecule has 0 saturated carbocycles. The Bertz CT molecular complexity index is 879. The van der Waals surface area contributed by atoms with E-state index in [0.717, 1.165) is 5.56 Å². The zero-order chi connectivity index (χ0) is 20.8. The van der Waals surface area contributed by atoms with Gasteiger partial charge in [-0.15, -0.1) is 0 Å². The molecule has 0 unspecified atom stereocenters. The second kappa shape index (κ2) is 9.26. The Morgan fingerprint density at radius 2 is 1.89 bits per heavy atom. The number of benzene rings is 1.